The van der Waals surface area contributed by atoms with Crippen molar-refractivity contribution in [2.75, 3.05) is 4.90 Å². The van der Waals surface area contributed by atoms with E-state index in [0.29, 0.717) is 26.8 Å². The SMILES string of the molecule is Cc1ccc(C(O)=C2C(=O)C(=O)N(c3nc4ccc(Cl)cc4s3)C2c2ccc(C(C)(C)C)cc2)cc1. The number of benzene rings is 3. The van der Waals surface area contributed by atoms with E-state index in [9.17, 15) is 14.7 Å². The largest absolute Gasteiger partial charge is 0.507 e. The van der Waals surface area contributed by atoms with E-state index in [1.54, 1.807) is 30.3 Å². The molecule has 4 aromatic rings. The third kappa shape index (κ3) is 4.21. The quantitative estimate of drug-likeness (QED) is 0.178. The predicted molar refractivity (Wildman–Crippen MR) is 146 cm³/mol. The Kier molecular flexibility index (Phi) is 5.97. The fourth-order valence-corrected chi connectivity index (χ4v) is 5.64. The number of amides is 1. The van der Waals surface area contributed by atoms with Crippen molar-refractivity contribution in [3.8, 4) is 0 Å². The zero-order valence-electron chi connectivity index (χ0n) is 20.4. The summed E-state index contributed by atoms with van der Waals surface area (Å²) < 4.78 is 0.805. The van der Waals surface area contributed by atoms with Crippen LogP contribution in [0.1, 0.15) is 49.1 Å². The van der Waals surface area contributed by atoms with Crippen molar-refractivity contribution < 1.29 is 14.7 Å². The van der Waals surface area contributed by atoms with Gasteiger partial charge in [0, 0.05) is 10.6 Å². The van der Waals surface area contributed by atoms with Crippen LogP contribution in [-0.4, -0.2) is 21.8 Å². The first-order valence-electron chi connectivity index (χ1n) is 11.6. The fourth-order valence-electron chi connectivity index (χ4n) is 4.37. The second kappa shape index (κ2) is 8.87. The number of aryl methyl sites for hydroxylation is 1. The molecule has 1 amide bonds. The molecule has 5 rings (SSSR count). The molecule has 0 spiro atoms. The lowest BCUT2D eigenvalue weighted by Crippen LogP contribution is -2.29. The van der Waals surface area contributed by atoms with Gasteiger partial charge in [-0.25, -0.2) is 4.98 Å². The van der Waals surface area contributed by atoms with Crippen LogP contribution in [0.5, 0.6) is 0 Å². The minimum Gasteiger partial charge on any atom is -0.507 e. The molecule has 0 radical (unpaired) electrons. The molecule has 5 nitrogen and oxygen atoms in total. The molecule has 7 heteroatoms. The van der Waals surface area contributed by atoms with E-state index in [1.165, 1.54) is 16.2 Å². The Bertz CT molecular complexity index is 1530. The van der Waals surface area contributed by atoms with Gasteiger partial charge in [0.05, 0.1) is 21.8 Å². The summed E-state index contributed by atoms with van der Waals surface area (Å²) in [7, 11) is 0. The summed E-state index contributed by atoms with van der Waals surface area (Å²) in [5.74, 6) is -1.67. The molecule has 2 heterocycles. The summed E-state index contributed by atoms with van der Waals surface area (Å²) in [6.45, 7) is 8.31. The maximum absolute atomic E-state index is 13.4. The summed E-state index contributed by atoms with van der Waals surface area (Å²) in [5, 5.41) is 12.2. The number of aromatic nitrogens is 1. The van der Waals surface area contributed by atoms with E-state index < -0.39 is 17.7 Å². The van der Waals surface area contributed by atoms with Crippen LogP contribution in [0.25, 0.3) is 16.0 Å². The third-order valence-electron chi connectivity index (χ3n) is 6.41. The molecule has 1 fully saturated rings. The highest BCUT2D eigenvalue weighted by Gasteiger charge is 2.48. The van der Waals surface area contributed by atoms with Gasteiger partial charge in [-0.2, -0.15) is 0 Å². The predicted octanol–water partition coefficient (Wildman–Crippen LogP) is 7.18. The van der Waals surface area contributed by atoms with E-state index in [0.717, 1.165) is 15.8 Å². The van der Waals surface area contributed by atoms with Crippen molar-refractivity contribution >= 4 is 55.7 Å². The Morgan fingerprint density at radius 2 is 1.67 bits per heavy atom. The first kappa shape index (κ1) is 24.2. The van der Waals surface area contributed by atoms with Gasteiger partial charge in [0.25, 0.3) is 5.78 Å². The van der Waals surface area contributed by atoms with Gasteiger partial charge in [-0.05, 0) is 41.7 Å². The molecule has 1 aliphatic heterocycles. The number of Topliss-reactive ketones (excluding diaryl/α,β-unsaturated/α-hetero) is 1. The minimum atomic E-state index is -0.823. The Hall–Kier alpha value is -3.48. The van der Waals surface area contributed by atoms with Gasteiger partial charge in [0.2, 0.25) is 0 Å². The average Bonchev–Trinajstić information content (AvgIpc) is 3.36. The zero-order valence-corrected chi connectivity index (χ0v) is 21.9. The van der Waals surface area contributed by atoms with E-state index in [2.05, 4.69) is 25.8 Å². The zero-order chi connectivity index (χ0) is 25.8. The first-order valence-corrected chi connectivity index (χ1v) is 12.8. The lowest BCUT2D eigenvalue weighted by Gasteiger charge is -2.24. The second-order valence-electron chi connectivity index (χ2n) is 10.0. The molecule has 1 unspecified atom stereocenters. The number of anilines is 1. The first-order chi connectivity index (χ1) is 17.0. The number of fused-ring (bicyclic) bond motifs is 1. The number of aliphatic hydroxyl groups is 1. The van der Waals surface area contributed by atoms with Gasteiger partial charge in [0.1, 0.15) is 5.76 Å². The van der Waals surface area contributed by atoms with Crippen LogP contribution in [0.4, 0.5) is 5.13 Å². The van der Waals surface area contributed by atoms with Crippen LogP contribution in [-0.2, 0) is 15.0 Å². The van der Waals surface area contributed by atoms with Crippen LogP contribution in [0, 0.1) is 6.92 Å². The molecular weight excluding hydrogens is 492 g/mol. The standard InChI is InChI=1S/C29H25ClN2O3S/c1-16-5-7-18(8-6-16)25(33)23-24(17-9-11-19(12-10-17)29(2,3)4)32(27(35)26(23)34)28-31-21-14-13-20(30)15-22(21)36-28/h5-15,24,33H,1-4H3. The molecule has 36 heavy (non-hydrogen) atoms. The van der Waals surface area contributed by atoms with Crippen LogP contribution in [0.2, 0.25) is 5.02 Å². The van der Waals surface area contributed by atoms with Gasteiger partial charge in [-0.15, -0.1) is 0 Å². The van der Waals surface area contributed by atoms with Crippen molar-refractivity contribution in [2.24, 2.45) is 0 Å². The number of hydrogen-bond acceptors (Lipinski definition) is 5. The number of hydrogen-bond donors (Lipinski definition) is 1. The fraction of sp³-hybridized carbons (Fsp3) is 0.207. The molecule has 1 aromatic heterocycles. The van der Waals surface area contributed by atoms with Gasteiger partial charge in [0.15, 0.2) is 5.13 Å². The number of ketones is 1. The van der Waals surface area contributed by atoms with Crippen LogP contribution in [0.3, 0.4) is 0 Å². The maximum Gasteiger partial charge on any atom is 0.301 e. The number of nitrogens with zero attached hydrogens (tertiary/aromatic N) is 2. The van der Waals surface area contributed by atoms with E-state index in [1.807, 2.05) is 43.3 Å². The molecular formula is C29H25ClN2O3S. The van der Waals surface area contributed by atoms with Crippen molar-refractivity contribution in [1.82, 2.24) is 4.98 Å². The summed E-state index contributed by atoms with van der Waals surface area (Å²) in [6.07, 6.45) is 0. The summed E-state index contributed by atoms with van der Waals surface area (Å²) in [4.78, 5) is 32.9. The Labute approximate surface area is 218 Å². The molecule has 182 valence electrons. The van der Waals surface area contributed by atoms with Gasteiger partial charge in [-0.3, -0.25) is 14.5 Å². The molecule has 1 saturated heterocycles. The maximum atomic E-state index is 13.4. The monoisotopic (exact) mass is 516 g/mol. The van der Waals surface area contributed by atoms with Gasteiger partial charge < -0.3 is 5.11 Å². The van der Waals surface area contributed by atoms with Crippen LogP contribution >= 0.6 is 22.9 Å². The molecule has 0 bridgehead atoms. The van der Waals surface area contributed by atoms with Crippen molar-refractivity contribution in [1.29, 1.82) is 0 Å². The van der Waals surface area contributed by atoms with Crippen LogP contribution in [0.15, 0.2) is 72.3 Å². The molecule has 1 aliphatic rings. The van der Waals surface area contributed by atoms with Crippen molar-refractivity contribution in [3.05, 3.63) is 99.6 Å². The lowest BCUT2D eigenvalue weighted by molar-refractivity contribution is -0.132. The van der Waals surface area contributed by atoms with Crippen molar-refractivity contribution in [2.45, 2.75) is 39.2 Å². The molecule has 3 aromatic carbocycles. The number of thiazole rings is 1. The minimum absolute atomic E-state index is 0.0460. The van der Waals surface area contributed by atoms with Gasteiger partial charge in [-0.1, -0.05) is 97.8 Å². The second-order valence-corrected chi connectivity index (χ2v) is 11.5. The van der Waals surface area contributed by atoms with E-state index >= 15 is 0 Å². The molecule has 1 atom stereocenters. The van der Waals surface area contributed by atoms with Crippen molar-refractivity contribution in [3.63, 3.8) is 0 Å². The highest BCUT2D eigenvalue weighted by atomic mass is 35.5. The number of aliphatic hydroxyl groups excluding tert-OH is 1. The smallest absolute Gasteiger partial charge is 0.301 e. The summed E-state index contributed by atoms with van der Waals surface area (Å²) in [6, 6.07) is 19.5. The van der Waals surface area contributed by atoms with E-state index in [4.69, 9.17) is 11.6 Å². The van der Waals surface area contributed by atoms with Gasteiger partial charge >= 0.3 is 5.91 Å². The highest BCUT2D eigenvalue weighted by Crippen LogP contribution is 2.44. The number of halogens is 1. The highest BCUT2D eigenvalue weighted by molar-refractivity contribution is 7.22. The molecule has 0 saturated carbocycles. The Balaban J connectivity index is 1.71. The van der Waals surface area contributed by atoms with E-state index in [-0.39, 0.29) is 16.7 Å². The Morgan fingerprint density at radius 1 is 1.00 bits per heavy atom. The molecule has 1 N–H and O–H groups in total. The third-order valence-corrected chi connectivity index (χ3v) is 7.66. The number of carbonyl (C=O) groups is 2. The molecule has 0 aliphatic carbocycles. The topological polar surface area (TPSA) is 70.5 Å². The average molecular weight is 517 g/mol. The Morgan fingerprint density at radius 3 is 2.31 bits per heavy atom. The number of rotatable bonds is 3. The summed E-state index contributed by atoms with van der Waals surface area (Å²) >= 11 is 7.45. The normalized spacial score (nSPS) is 17.8. The van der Waals surface area contributed by atoms with Crippen LogP contribution < -0.4 is 4.90 Å². The lowest BCUT2D eigenvalue weighted by atomic mass is 9.85. The number of carbonyl (C=O) groups excluding carboxylic acids is 2. The summed E-state index contributed by atoms with van der Waals surface area (Å²) in [5.41, 5.74) is 4.01.